The average Bonchev–Trinajstić information content (AvgIpc) is 2.90. The molecule has 0 amide bonds. The van der Waals surface area contributed by atoms with E-state index >= 15 is 0 Å². The zero-order chi connectivity index (χ0) is 16.4. The van der Waals surface area contributed by atoms with Crippen LogP contribution in [0.3, 0.4) is 0 Å². The van der Waals surface area contributed by atoms with Gasteiger partial charge in [0.1, 0.15) is 11.9 Å². The van der Waals surface area contributed by atoms with Crippen LogP contribution in [0.5, 0.6) is 5.75 Å². The molecule has 2 nitrogen and oxygen atoms in total. The third-order valence-corrected chi connectivity index (χ3v) is 4.61. The van der Waals surface area contributed by atoms with Crippen molar-refractivity contribution in [2.45, 2.75) is 52.1 Å². The SMILES string of the molecule is CCCCC1Oc2ccc(C)cc2C1C(=O)c1ccc(C)cc1. The molecule has 2 heteroatoms. The van der Waals surface area contributed by atoms with Crippen LogP contribution in [0.15, 0.2) is 42.5 Å². The molecule has 0 aromatic heterocycles. The van der Waals surface area contributed by atoms with Gasteiger partial charge in [0.15, 0.2) is 5.78 Å². The smallest absolute Gasteiger partial charge is 0.174 e. The normalized spacial score (nSPS) is 19.3. The van der Waals surface area contributed by atoms with Gasteiger partial charge in [-0.05, 0) is 26.3 Å². The molecule has 0 radical (unpaired) electrons. The molecule has 1 heterocycles. The third-order valence-electron chi connectivity index (χ3n) is 4.61. The lowest BCUT2D eigenvalue weighted by molar-refractivity contribution is 0.0886. The maximum absolute atomic E-state index is 13.1. The molecule has 0 aliphatic carbocycles. The maximum Gasteiger partial charge on any atom is 0.174 e. The lowest BCUT2D eigenvalue weighted by Gasteiger charge is -2.18. The van der Waals surface area contributed by atoms with Gasteiger partial charge >= 0.3 is 0 Å². The summed E-state index contributed by atoms with van der Waals surface area (Å²) in [6.45, 7) is 6.27. The molecule has 1 aliphatic rings. The van der Waals surface area contributed by atoms with Crippen LogP contribution in [0.4, 0.5) is 0 Å². The first-order chi connectivity index (χ1) is 11.1. The monoisotopic (exact) mass is 308 g/mol. The summed E-state index contributed by atoms with van der Waals surface area (Å²) in [5.41, 5.74) is 4.17. The van der Waals surface area contributed by atoms with Gasteiger partial charge in [-0.1, -0.05) is 67.3 Å². The molecule has 0 bridgehead atoms. The van der Waals surface area contributed by atoms with Crippen molar-refractivity contribution in [3.05, 3.63) is 64.7 Å². The molecule has 120 valence electrons. The Hall–Kier alpha value is -2.09. The number of ketones is 1. The molecule has 0 saturated carbocycles. The fourth-order valence-corrected chi connectivity index (χ4v) is 3.29. The Kier molecular flexibility index (Phi) is 4.51. The Bertz CT molecular complexity index is 700. The number of carbonyl (C=O) groups excluding carboxylic acids is 1. The van der Waals surface area contributed by atoms with Gasteiger partial charge in [0, 0.05) is 11.1 Å². The summed E-state index contributed by atoms with van der Waals surface area (Å²) >= 11 is 0. The largest absolute Gasteiger partial charge is 0.489 e. The van der Waals surface area contributed by atoms with Gasteiger partial charge in [-0.15, -0.1) is 0 Å². The molecule has 2 unspecified atom stereocenters. The van der Waals surface area contributed by atoms with Crippen LogP contribution < -0.4 is 4.74 Å². The first kappa shape index (κ1) is 15.8. The van der Waals surface area contributed by atoms with Crippen LogP contribution >= 0.6 is 0 Å². The number of benzene rings is 2. The van der Waals surface area contributed by atoms with Crippen molar-refractivity contribution in [3.8, 4) is 5.75 Å². The molecule has 0 fully saturated rings. The van der Waals surface area contributed by atoms with Crippen molar-refractivity contribution in [2.75, 3.05) is 0 Å². The standard InChI is InChI=1S/C21H24O2/c1-4-5-6-19-20(17-13-15(3)9-12-18(17)23-19)21(22)16-10-7-14(2)8-11-16/h7-13,19-20H,4-6H2,1-3H3. The number of unbranched alkanes of at least 4 members (excludes halogenated alkanes) is 1. The highest BCUT2D eigenvalue weighted by atomic mass is 16.5. The van der Waals surface area contributed by atoms with E-state index in [0.717, 1.165) is 36.1 Å². The van der Waals surface area contributed by atoms with Crippen molar-refractivity contribution in [3.63, 3.8) is 0 Å². The van der Waals surface area contributed by atoms with Gasteiger partial charge in [-0.25, -0.2) is 0 Å². The summed E-state index contributed by atoms with van der Waals surface area (Å²) in [5.74, 6) is 0.872. The molecule has 2 atom stereocenters. The Morgan fingerprint density at radius 3 is 2.43 bits per heavy atom. The van der Waals surface area contributed by atoms with Gasteiger partial charge < -0.3 is 4.74 Å². The van der Waals surface area contributed by atoms with Gasteiger partial charge in [-0.2, -0.15) is 0 Å². The molecular formula is C21H24O2. The minimum Gasteiger partial charge on any atom is -0.489 e. The second-order valence-corrected chi connectivity index (χ2v) is 6.55. The van der Waals surface area contributed by atoms with E-state index in [4.69, 9.17) is 4.74 Å². The first-order valence-corrected chi connectivity index (χ1v) is 8.48. The number of hydrogen-bond donors (Lipinski definition) is 0. The molecule has 2 aromatic carbocycles. The third kappa shape index (κ3) is 3.17. The van der Waals surface area contributed by atoms with Crippen LogP contribution in [0.2, 0.25) is 0 Å². The fraction of sp³-hybridized carbons (Fsp3) is 0.381. The molecule has 0 saturated heterocycles. The minimum absolute atomic E-state index is 0.0412. The summed E-state index contributed by atoms with van der Waals surface area (Å²) in [7, 11) is 0. The lowest BCUT2D eigenvalue weighted by atomic mass is 9.85. The number of carbonyl (C=O) groups is 1. The second kappa shape index (κ2) is 6.57. The highest BCUT2D eigenvalue weighted by Crippen LogP contribution is 2.42. The Balaban J connectivity index is 1.96. The van der Waals surface area contributed by atoms with E-state index in [2.05, 4.69) is 26.0 Å². The fourth-order valence-electron chi connectivity index (χ4n) is 3.29. The van der Waals surface area contributed by atoms with Crippen LogP contribution in [0.25, 0.3) is 0 Å². The lowest BCUT2D eigenvalue weighted by Crippen LogP contribution is -2.25. The summed E-state index contributed by atoms with van der Waals surface area (Å²) < 4.78 is 6.12. The number of rotatable bonds is 5. The van der Waals surface area contributed by atoms with Crippen LogP contribution in [-0.2, 0) is 0 Å². The van der Waals surface area contributed by atoms with E-state index in [0.29, 0.717) is 0 Å². The number of Topliss-reactive ketones (excluding diaryl/α,β-unsaturated/α-hetero) is 1. The van der Waals surface area contributed by atoms with Crippen molar-refractivity contribution < 1.29 is 9.53 Å². The summed E-state index contributed by atoms with van der Waals surface area (Å²) in [5, 5.41) is 0. The molecular weight excluding hydrogens is 284 g/mol. The Morgan fingerprint density at radius 2 is 1.74 bits per heavy atom. The Labute approximate surface area is 138 Å². The molecule has 23 heavy (non-hydrogen) atoms. The number of hydrogen-bond acceptors (Lipinski definition) is 2. The number of fused-ring (bicyclic) bond motifs is 1. The van der Waals surface area contributed by atoms with Gasteiger partial charge in [0.05, 0.1) is 5.92 Å². The number of aryl methyl sites for hydroxylation is 2. The topological polar surface area (TPSA) is 26.3 Å². The van der Waals surface area contributed by atoms with Gasteiger partial charge in [0.2, 0.25) is 0 Å². The molecule has 0 spiro atoms. The first-order valence-electron chi connectivity index (χ1n) is 8.48. The zero-order valence-corrected chi connectivity index (χ0v) is 14.1. The van der Waals surface area contributed by atoms with Crippen molar-refractivity contribution in [2.24, 2.45) is 0 Å². The maximum atomic E-state index is 13.1. The van der Waals surface area contributed by atoms with Crippen molar-refractivity contribution >= 4 is 5.78 Å². The van der Waals surface area contributed by atoms with Crippen LogP contribution in [-0.4, -0.2) is 11.9 Å². The summed E-state index contributed by atoms with van der Waals surface area (Å²) in [4.78, 5) is 13.1. The molecule has 0 N–H and O–H groups in total. The highest BCUT2D eigenvalue weighted by Gasteiger charge is 2.39. The van der Waals surface area contributed by atoms with Crippen LogP contribution in [0.1, 0.15) is 59.2 Å². The average molecular weight is 308 g/mol. The van der Waals surface area contributed by atoms with E-state index in [1.807, 2.05) is 37.3 Å². The van der Waals surface area contributed by atoms with E-state index in [-0.39, 0.29) is 17.8 Å². The Morgan fingerprint density at radius 1 is 1.04 bits per heavy atom. The molecule has 3 rings (SSSR count). The van der Waals surface area contributed by atoms with E-state index in [1.165, 1.54) is 11.1 Å². The van der Waals surface area contributed by atoms with Crippen LogP contribution in [0, 0.1) is 13.8 Å². The van der Waals surface area contributed by atoms with Crippen molar-refractivity contribution in [1.82, 2.24) is 0 Å². The van der Waals surface area contributed by atoms with E-state index < -0.39 is 0 Å². The van der Waals surface area contributed by atoms with E-state index in [1.54, 1.807) is 0 Å². The van der Waals surface area contributed by atoms with Crippen molar-refractivity contribution in [1.29, 1.82) is 0 Å². The highest BCUT2D eigenvalue weighted by molar-refractivity contribution is 6.02. The zero-order valence-electron chi connectivity index (χ0n) is 14.1. The molecule has 1 aliphatic heterocycles. The summed E-state index contributed by atoms with van der Waals surface area (Å²) in [6, 6.07) is 14.0. The predicted octanol–water partition coefficient (Wildman–Crippen LogP) is 5.22. The quantitative estimate of drug-likeness (QED) is 0.708. The molecule has 2 aromatic rings. The number of ether oxygens (including phenoxy) is 1. The predicted molar refractivity (Wildman–Crippen MR) is 93.4 cm³/mol. The summed E-state index contributed by atoms with van der Waals surface area (Å²) in [6.07, 6.45) is 3.07. The second-order valence-electron chi connectivity index (χ2n) is 6.55. The minimum atomic E-state index is -0.181. The van der Waals surface area contributed by atoms with E-state index in [9.17, 15) is 4.79 Å². The van der Waals surface area contributed by atoms with Gasteiger partial charge in [0.25, 0.3) is 0 Å². The van der Waals surface area contributed by atoms with Gasteiger partial charge in [-0.3, -0.25) is 4.79 Å².